The molecular formula is C16H19N3O2S. The summed E-state index contributed by atoms with van der Waals surface area (Å²) in [6.07, 6.45) is 0. The average molecular weight is 317 g/mol. The number of hydrogen-bond donors (Lipinski definition) is 2. The van der Waals surface area contributed by atoms with Crippen molar-refractivity contribution in [1.29, 1.82) is 0 Å². The molecule has 0 unspecified atom stereocenters. The van der Waals surface area contributed by atoms with Gasteiger partial charge in [0, 0.05) is 24.8 Å². The molecule has 2 N–H and O–H groups in total. The molecule has 0 saturated carbocycles. The molecule has 0 fully saturated rings. The first-order valence-corrected chi connectivity index (χ1v) is 7.84. The van der Waals surface area contributed by atoms with E-state index in [4.69, 9.17) is 0 Å². The number of carbonyl (C=O) groups is 2. The standard InChI is InChI=1S/C16H19N3O2S/c1-12(20)17-14-3-5-15(6-4-14)18-16(21)10-19(2)9-13-7-8-22-11-13/h3-8,11H,9-10H2,1-2H3,(H,17,20)(H,18,21). The van der Waals surface area contributed by atoms with Crippen LogP contribution < -0.4 is 10.6 Å². The summed E-state index contributed by atoms with van der Waals surface area (Å²) in [6.45, 7) is 2.53. The van der Waals surface area contributed by atoms with Crippen LogP contribution in [0, 0.1) is 0 Å². The first-order chi connectivity index (χ1) is 10.5. The summed E-state index contributed by atoms with van der Waals surface area (Å²) in [6, 6.07) is 9.10. The summed E-state index contributed by atoms with van der Waals surface area (Å²) >= 11 is 1.65. The lowest BCUT2D eigenvalue weighted by Crippen LogP contribution is -2.29. The molecule has 116 valence electrons. The molecule has 5 nitrogen and oxygen atoms in total. The number of benzene rings is 1. The SMILES string of the molecule is CC(=O)Nc1ccc(NC(=O)CN(C)Cc2ccsc2)cc1. The number of anilines is 2. The minimum absolute atomic E-state index is 0.0648. The lowest BCUT2D eigenvalue weighted by molar-refractivity contribution is -0.117. The predicted octanol–water partition coefficient (Wildman–Crippen LogP) is 2.78. The molecule has 2 rings (SSSR count). The van der Waals surface area contributed by atoms with Crippen LogP contribution in [0.15, 0.2) is 41.1 Å². The van der Waals surface area contributed by atoms with Gasteiger partial charge < -0.3 is 10.6 Å². The van der Waals surface area contributed by atoms with Crippen molar-refractivity contribution in [2.45, 2.75) is 13.5 Å². The lowest BCUT2D eigenvalue weighted by Gasteiger charge is -2.15. The van der Waals surface area contributed by atoms with E-state index in [0.717, 1.165) is 6.54 Å². The van der Waals surface area contributed by atoms with E-state index in [9.17, 15) is 9.59 Å². The van der Waals surface area contributed by atoms with E-state index < -0.39 is 0 Å². The van der Waals surface area contributed by atoms with Crippen molar-refractivity contribution in [1.82, 2.24) is 4.90 Å². The van der Waals surface area contributed by atoms with Gasteiger partial charge >= 0.3 is 0 Å². The van der Waals surface area contributed by atoms with Crippen molar-refractivity contribution in [3.63, 3.8) is 0 Å². The topological polar surface area (TPSA) is 61.4 Å². The Morgan fingerprint density at radius 1 is 1.09 bits per heavy atom. The Morgan fingerprint density at radius 2 is 1.73 bits per heavy atom. The fraction of sp³-hybridized carbons (Fsp3) is 0.250. The van der Waals surface area contributed by atoms with Gasteiger partial charge in [-0.3, -0.25) is 14.5 Å². The third-order valence-corrected chi connectivity index (χ3v) is 3.67. The van der Waals surface area contributed by atoms with Gasteiger partial charge in [-0.25, -0.2) is 0 Å². The molecule has 0 saturated heterocycles. The minimum Gasteiger partial charge on any atom is -0.326 e. The summed E-state index contributed by atoms with van der Waals surface area (Å²) in [5, 5.41) is 9.63. The number of rotatable bonds is 6. The summed E-state index contributed by atoms with van der Waals surface area (Å²) in [7, 11) is 1.91. The Hall–Kier alpha value is -2.18. The molecule has 0 aliphatic carbocycles. The highest BCUT2D eigenvalue weighted by Crippen LogP contribution is 2.14. The number of carbonyl (C=O) groups excluding carboxylic acids is 2. The highest BCUT2D eigenvalue weighted by molar-refractivity contribution is 7.07. The van der Waals surface area contributed by atoms with Gasteiger partial charge in [0.15, 0.2) is 0 Å². The maximum atomic E-state index is 12.0. The molecule has 1 aromatic heterocycles. The van der Waals surface area contributed by atoms with Crippen LogP contribution >= 0.6 is 11.3 Å². The van der Waals surface area contributed by atoms with E-state index >= 15 is 0 Å². The number of hydrogen-bond acceptors (Lipinski definition) is 4. The fourth-order valence-electron chi connectivity index (χ4n) is 2.04. The van der Waals surface area contributed by atoms with Crippen molar-refractivity contribution in [2.24, 2.45) is 0 Å². The zero-order valence-electron chi connectivity index (χ0n) is 12.6. The van der Waals surface area contributed by atoms with E-state index in [1.807, 2.05) is 17.3 Å². The van der Waals surface area contributed by atoms with Crippen LogP contribution in [0.25, 0.3) is 0 Å². The molecule has 0 aliphatic rings. The van der Waals surface area contributed by atoms with Crippen molar-refractivity contribution in [3.8, 4) is 0 Å². The van der Waals surface area contributed by atoms with E-state index in [1.165, 1.54) is 12.5 Å². The highest BCUT2D eigenvalue weighted by Gasteiger charge is 2.08. The number of likely N-dealkylation sites (N-methyl/N-ethyl adjacent to an activating group) is 1. The monoisotopic (exact) mass is 317 g/mol. The molecule has 1 aromatic carbocycles. The van der Waals surface area contributed by atoms with Crippen LogP contribution in [-0.2, 0) is 16.1 Å². The fourth-order valence-corrected chi connectivity index (χ4v) is 2.70. The molecule has 2 amide bonds. The van der Waals surface area contributed by atoms with Gasteiger partial charge in [0.2, 0.25) is 11.8 Å². The second-order valence-electron chi connectivity index (χ2n) is 5.11. The Balaban J connectivity index is 1.82. The minimum atomic E-state index is -0.119. The Morgan fingerprint density at radius 3 is 2.27 bits per heavy atom. The van der Waals surface area contributed by atoms with Gasteiger partial charge in [-0.2, -0.15) is 11.3 Å². The van der Waals surface area contributed by atoms with Crippen LogP contribution in [-0.4, -0.2) is 30.3 Å². The molecule has 0 spiro atoms. The van der Waals surface area contributed by atoms with Crippen LogP contribution in [0.2, 0.25) is 0 Å². The van der Waals surface area contributed by atoms with Crippen molar-refractivity contribution in [3.05, 3.63) is 46.7 Å². The van der Waals surface area contributed by atoms with Gasteiger partial charge in [0.1, 0.15) is 0 Å². The quantitative estimate of drug-likeness (QED) is 0.861. The largest absolute Gasteiger partial charge is 0.326 e. The average Bonchev–Trinajstić information content (AvgIpc) is 2.93. The number of nitrogens with one attached hydrogen (secondary N) is 2. The Kier molecular flexibility index (Phi) is 5.68. The zero-order chi connectivity index (χ0) is 15.9. The highest BCUT2D eigenvalue weighted by atomic mass is 32.1. The van der Waals surface area contributed by atoms with E-state index in [0.29, 0.717) is 17.9 Å². The lowest BCUT2D eigenvalue weighted by atomic mass is 10.2. The number of nitrogens with zero attached hydrogens (tertiary/aromatic N) is 1. The second-order valence-corrected chi connectivity index (χ2v) is 5.89. The van der Waals surface area contributed by atoms with Crippen LogP contribution in [0.4, 0.5) is 11.4 Å². The Bertz CT molecular complexity index is 623. The number of amides is 2. The normalized spacial score (nSPS) is 10.5. The Labute approximate surface area is 134 Å². The molecule has 0 atom stereocenters. The maximum Gasteiger partial charge on any atom is 0.238 e. The smallest absolute Gasteiger partial charge is 0.238 e. The first kappa shape index (κ1) is 16.2. The van der Waals surface area contributed by atoms with Crippen LogP contribution in [0.5, 0.6) is 0 Å². The van der Waals surface area contributed by atoms with Gasteiger partial charge in [-0.05, 0) is 53.7 Å². The molecule has 2 aromatic rings. The molecule has 1 heterocycles. The van der Waals surface area contributed by atoms with Crippen LogP contribution in [0.1, 0.15) is 12.5 Å². The third-order valence-electron chi connectivity index (χ3n) is 2.94. The molecule has 6 heteroatoms. The third kappa shape index (κ3) is 5.31. The van der Waals surface area contributed by atoms with E-state index in [2.05, 4.69) is 22.1 Å². The van der Waals surface area contributed by atoms with Crippen molar-refractivity contribution < 1.29 is 9.59 Å². The predicted molar refractivity (Wildman–Crippen MR) is 90.0 cm³/mol. The molecule has 0 bridgehead atoms. The molecule has 22 heavy (non-hydrogen) atoms. The number of thiophene rings is 1. The van der Waals surface area contributed by atoms with Gasteiger partial charge in [-0.15, -0.1) is 0 Å². The zero-order valence-corrected chi connectivity index (χ0v) is 13.4. The molecule has 0 aliphatic heterocycles. The first-order valence-electron chi connectivity index (χ1n) is 6.90. The summed E-state index contributed by atoms with van der Waals surface area (Å²) in [4.78, 5) is 24.9. The van der Waals surface area contributed by atoms with Gasteiger partial charge in [0.25, 0.3) is 0 Å². The van der Waals surface area contributed by atoms with Gasteiger partial charge in [-0.1, -0.05) is 0 Å². The molecule has 0 radical (unpaired) electrons. The van der Waals surface area contributed by atoms with Crippen LogP contribution in [0.3, 0.4) is 0 Å². The van der Waals surface area contributed by atoms with Crippen molar-refractivity contribution in [2.75, 3.05) is 24.2 Å². The van der Waals surface area contributed by atoms with E-state index in [-0.39, 0.29) is 11.8 Å². The summed E-state index contributed by atoms with van der Waals surface area (Å²) in [5.41, 5.74) is 2.63. The summed E-state index contributed by atoms with van der Waals surface area (Å²) < 4.78 is 0. The van der Waals surface area contributed by atoms with Crippen molar-refractivity contribution >= 4 is 34.5 Å². The molecular weight excluding hydrogens is 298 g/mol. The maximum absolute atomic E-state index is 12.0. The van der Waals surface area contributed by atoms with E-state index in [1.54, 1.807) is 35.6 Å². The second kappa shape index (κ2) is 7.72. The van der Waals surface area contributed by atoms with Gasteiger partial charge in [0.05, 0.1) is 6.54 Å². The summed E-state index contributed by atoms with van der Waals surface area (Å²) in [5.74, 6) is -0.183.